The topological polar surface area (TPSA) is 83.5 Å². The molecule has 0 spiro atoms. The Morgan fingerprint density at radius 1 is 1.29 bits per heavy atom. The van der Waals surface area contributed by atoms with Gasteiger partial charge in [0.05, 0.1) is 5.69 Å². The third-order valence-electron chi connectivity index (χ3n) is 2.70. The number of nitrogens with zero attached hydrogens (tertiary/aromatic N) is 2. The van der Waals surface area contributed by atoms with Gasteiger partial charge in [0.25, 0.3) is 0 Å². The van der Waals surface area contributed by atoms with Crippen LogP contribution < -0.4 is 11.1 Å². The van der Waals surface area contributed by atoms with Crippen LogP contribution in [0.25, 0.3) is 0 Å². The summed E-state index contributed by atoms with van der Waals surface area (Å²) in [6.07, 6.45) is 1.60. The summed E-state index contributed by atoms with van der Waals surface area (Å²) in [5.41, 5.74) is 7.82. The number of halogens is 3. The van der Waals surface area contributed by atoms with Gasteiger partial charge < -0.3 is 16.3 Å². The van der Waals surface area contributed by atoms with Crippen molar-refractivity contribution in [3.8, 4) is 0 Å². The molecule has 0 amide bonds. The maximum absolute atomic E-state index is 8.80. The Bertz CT molecular complexity index is 668. The van der Waals surface area contributed by atoms with E-state index in [0.717, 1.165) is 24.7 Å². The van der Waals surface area contributed by atoms with Gasteiger partial charge in [0.2, 0.25) is 0 Å². The van der Waals surface area contributed by atoms with Gasteiger partial charge in [-0.15, -0.1) is 0 Å². The number of hydrogen-bond acceptors (Lipinski definition) is 4. The van der Waals surface area contributed by atoms with Gasteiger partial charge in [-0.05, 0) is 50.1 Å². The lowest BCUT2D eigenvalue weighted by Gasteiger charge is -2.13. The largest absolute Gasteiger partial charge is 0.409 e. The number of rotatable bonds is 4. The van der Waals surface area contributed by atoms with Crippen molar-refractivity contribution >= 4 is 59.3 Å². The van der Waals surface area contributed by atoms with Gasteiger partial charge >= 0.3 is 0 Å². The number of hydrogen-bond donors (Lipinski definition) is 3. The highest BCUT2D eigenvalue weighted by Crippen LogP contribution is 2.34. The molecule has 0 saturated carbocycles. The molecule has 2 aromatic rings. The van der Waals surface area contributed by atoms with Crippen molar-refractivity contribution in [1.29, 1.82) is 0 Å². The van der Waals surface area contributed by atoms with E-state index >= 15 is 0 Å². The number of benzene rings is 1. The highest BCUT2D eigenvalue weighted by Gasteiger charge is 2.10. The molecule has 0 aliphatic carbocycles. The smallest absolute Gasteiger partial charge is 0.189 e. The van der Waals surface area contributed by atoms with E-state index < -0.39 is 0 Å². The minimum absolute atomic E-state index is 0.0127. The van der Waals surface area contributed by atoms with Crippen LogP contribution in [-0.4, -0.2) is 16.0 Å². The molecule has 5 nitrogen and oxygen atoms in total. The molecule has 0 aliphatic heterocycles. The van der Waals surface area contributed by atoms with Crippen molar-refractivity contribution in [3.05, 3.63) is 55.1 Å². The molecule has 2 rings (SSSR count). The first-order valence-corrected chi connectivity index (χ1v) is 8.21. The average Bonchev–Trinajstić information content (AvgIpc) is 2.45. The third kappa shape index (κ3) is 3.96. The van der Waals surface area contributed by atoms with E-state index in [-0.39, 0.29) is 5.84 Å². The zero-order valence-electron chi connectivity index (χ0n) is 10.6. The SMILES string of the molecule is NC(=NO)c1ncccc1CNc1c(Br)cc(Br)cc1Br. The summed E-state index contributed by atoms with van der Waals surface area (Å²) < 4.78 is 2.79. The van der Waals surface area contributed by atoms with Gasteiger partial charge in [0.15, 0.2) is 5.84 Å². The molecule has 0 atom stereocenters. The minimum Gasteiger partial charge on any atom is -0.409 e. The zero-order chi connectivity index (χ0) is 15.4. The van der Waals surface area contributed by atoms with Crippen molar-refractivity contribution in [1.82, 2.24) is 4.98 Å². The molecule has 21 heavy (non-hydrogen) atoms. The summed E-state index contributed by atoms with van der Waals surface area (Å²) >= 11 is 10.4. The molecular weight excluding hydrogens is 468 g/mol. The molecule has 0 radical (unpaired) electrons. The summed E-state index contributed by atoms with van der Waals surface area (Å²) in [5, 5.41) is 15.1. The van der Waals surface area contributed by atoms with Gasteiger partial charge in [-0.2, -0.15) is 0 Å². The average molecular weight is 479 g/mol. The molecule has 0 aliphatic rings. The van der Waals surface area contributed by atoms with Crippen molar-refractivity contribution in [2.75, 3.05) is 5.32 Å². The highest BCUT2D eigenvalue weighted by atomic mass is 79.9. The quantitative estimate of drug-likeness (QED) is 0.268. The molecule has 0 bridgehead atoms. The predicted octanol–water partition coefficient (Wildman–Crippen LogP) is 4.08. The fourth-order valence-corrected chi connectivity index (χ4v) is 4.29. The van der Waals surface area contributed by atoms with Crippen molar-refractivity contribution < 1.29 is 5.21 Å². The van der Waals surface area contributed by atoms with Crippen molar-refractivity contribution in [2.45, 2.75) is 6.54 Å². The second-order valence-corrected chi connectivity index (χ2v) is 6.72. The molecule has 1 aromatic carbocycles. The van der Waals surface area contributed by atoms with Gasteiger partial charge in [-0.3, -0.25) is 4.98 Å². The van der Waals surface area contributed by atoms with Gasteiger partial charge in [-0.1, -0.05) is 27.2 Å². The summed E-state index contributed by atoms with van der Waals surface area (Å²) in [4.78, 5) is 4.13. The lowest BCUT2D eigenvalue weighted by Crippen LogP contribution is -2.18. The lowest BCUT2D eigenvalue weighted by atomic mass is 10.1. The van der Waals surface area contributed by atoms with Crippen LogP contribution in [0, 0.1) is 0 Å². The number of amidine groups is 1. The molecule has 1 heterocycles. The van der Waals surface area contributed by atoms with E-state index in [0.29, 0.717) is 12.2 Å². The van der Waals surface area contributed by atoms with E-state index in [1.54, 1.807) is 12.3 Å². The van der Waals surface area contributed by atoms with Crippen LogP contribution in [0.3, 0.4) is 0 Å². The van der Waals surface area contributed by atoms with Crippen LogP contribution in [0.15, 0.2) is 49.0 Å². The molecule has 1 aromatic heterocycles. The number of anilines is 1. The normalized spacial score (nSPS) is 11.5. The molecule has 110 valence electrons. The monoisotopic (exact) mass is 476 g/mol. The zero-order valence-corrected chi connectivity index (χ0v) is 15.4. The van der Waals surface area contributed by atoms with E-state index in [1.807, 2.05) is 18.2 Å². The fourth-order valence-electron chi connectivity index (χ4n) is 1.75. The maximum atomic E-state index is 8.80. The molecule has 0 saturated heterocycles. The van der Waals surface area contributed by atoms with E-state index in [1.165, 1.54) is 0 Å². The van der Waals surface area contributed by atoms with E-state index in [4.69, 9.17) is 10.9 Å². The number of pyridine rings is 1. The second-order valence-electron chi connectivity index (χ2n) is 4.09. The van der Waals surface area contributed by atoms with Crippen LogP contribution in [0.2, 0.25) is 0 Å². The lowest BCUT2D eigenvalue weighted by molar-refractivity contribution is 0.318. The molecule has 4 N–H and O–H groups in total. The Morgan fingerprint density at radius 2 is 1.95 bits per heavy atom. The van der Waals surface area contributed by atoms with Gasteiger partial charge in [0.1, 0.15) is 5.69 Å². The maximum Gasteiger partial charge on any atom is 0.189 e. The number of nitrogens with one attached hydrogen (secondary N) is 1. The van der Waals surface area contributed by atoms with Crippen LogP contribution >= 0.6 is 47.8 Å². The summed E-state index contributed by atoms with van der Waals surface area (Å²) in [5.74, 6) is -0.0127. The van der Waals surface area contributed by atoms with Gasteiger partial charge in [0, 0.05) is 31.7 Å². The standard InChI is InChI=1S/C13H11Br3N4O/c14-8-4-9(15)12(10(16)5-8)19-6-7-2-1-3-18-11(7)13(17)20-21/h1-5,19,21H,6H2,(H2,17,20). The fraction of sp³-hybridized carbons (Fsp3) is 0.0769. The number of aromatic nitrogens is 1. The summed E-state index contributed by atoms with van der Waals surface area (Å²) in [6.45, 7) is 0.484. The number of oxime groups is 1. The van der Waals surface area contributed by atoms with Crippen LogP contribution in [0.1, 0.15) is 11.3 Å². The molecular formula is C13H11Br3N4O. The van der Waals surface area contributed by atoms with Crippen LogP contribution in [-0.2, 0) is 6.54 Å². The van der Waals surface area contributed by atoms with Gasteiger partial charge in [-0.25, -0.2) is 0 Å². The van der Waals surface area contributed by atoms with E-state index in [9.17, 15) is 0 Å². The Labute approximate surface area is 147 Å². The van der Waals surface area contributed by atoms with Crippen LogP contribution in [0.5, 0.6) is 0 Å². The first-order valence-electron chi connectivity index (χ1n) is 5.83. The Kier molecular flexibility index (Phi) is 5.60. The molecule has 8 heteroatoms. The Hall–Kier alpha value is -1.12. The third-order valence-corrected chi connectivity index (χ3v) is 4.41. The Balaban J connectivity index is 2.26. The first kappa shape index (κ1) is 16.3. The summed E-state index contributed by atoms with van der Waals surface area (Å²) in [7, 11) is 0. The van der Waals surface area contributed by atoms with Crippen LogP contribution in [0.4, 0.5) is 5.69 Å². The van der Waals surface area contributed by atoms with Crippen molar-refractivity contribution in [2.24, 2.45) is 10.9 Å². The predicted molar refractivity (Wildman–Crippen MR) is 93.6 cm³/mol. The van der Waals surface area contributed by atoms with E-state index in [2.05, 4.69) is 63.2 Å². The highest BCUT2D eigenvalue weighted by molar-refractivity contribution is 9.11. The molecule has 0 unspecified atom stereocenters. The summed E-state index contributed by atoms with van der Waals surface area (Å²) in [6, 6.07) is 7.56. The molecule has 0 fully saturated rings. The first-order chi connectivity index (χ1) is 10.0. The second kappa shape index (κ2) is 7.24. The minimum atomic E-state index is -0.0127. The van der Waals surface area contributed by atoms with Crippen molar-refractivity contribution in [3.63, 3.8) is 0 Å². The Morgan fingerprint density at radius 3 is 2.57 bits per heavy atom. The number of nitrogens with two attached hydrogens (primary N) is 1.